The van der Waals surface area contributed by atoms with Gasteiger partial charge in [-0.05, 0) is 24.3 Å². The molecular formula is C17H18F2N2O4S. The van der Waals surface area contributed by atoms with E-state index in [1.165, 1.54) is 7.11 Å². The van der Waals surface area contributed by atoms with Crippen molar-refractivity contribution >= 4 is 27.3 Å². The molecular weight excluding hydrogens is 366 g/mol. The molecule has 2 rings (SSSR count). The third kappa shape index (κ3) is 4.92. The molecule has 0 unspecified atom stereocenters. The van der Waals surface area contributed by atoms with Gasteiger partial charge >= 0.3 is 0 Å². The Bertz CT molecular complexity index is 883. The Hall–Kier alpha value is -2.68. The van der Waals surface area contributed by atoms with Crippen LogP contribution in [0, 0.1) is 11.6 Å². The van der Waals surface area contributed by atoms with Crippen LogP contribution in [0.15, 0.2) is 42.5 Å². The second-order valence-corrected chi connectivity index (χ2v) is 7.34. The van der Waals surface area contributed by atoms with Crippen molar-refractivity contribution in [3.63, 3.8) is 0 Å². The molecule has 0 heterocycles. The number of methoxy groups -OCH3 is 1. The summed E-state index contributed by atoms with van der Waals surface area (Å²) in [6, 6.07) is 9.62. The van der Waals surface area contributed by atoms with E-state index in [1.807, 2.05) is 0 Å². The fraction of sp³-hybridized carbons (Fsp3) is 0.235. The van der Waals surface area contributed by atoms with Crippen molar-refractivity contribution in [3.05, 3.63) is 54.1 Å². The minimum Gasteiger partial charge on any atom is -0.497 e. The van der Waals surface area contributed by atoms with E-state index in [4.69, 9.17) is 4.74 Å². The van der Waals surface area contributed by atoms with Crippen LogP contribution in [0.5, 0.6) is 5.75 Å². The number of para-hydroxylation sites is 1. The van der Waals surface area contributed by atoms with Gasteiger partial charge < -0.3 is 10.1 Å². The van der Waals surface area contributed by atoms with E-state index in [-0.39, 0.29) is 6.42 Å². The highest BCUT2D eigenvalue weighted by Gasteiger charge is 2.25. The van der Waals surface area contributed by atoms with Crippen molar-refractivity contribution in [3.8, 4) is 5.75 Å². The van der Waals surface area contributed by atoms with Crippen LogP contribution in [0.1, 0.15) is 6.42 Å². The van der Waals surface area contributed by atoms with E-state index in [0.717, 1.165) is 24.5 Å². The predicted molar refractivity (Wildman–Crippen MR) is 94.8 cm³/mol. The summed E-state index contributed by atoms with van der Waals surface area (Å²) >= 11 is 0. The van der Waals surface area contributed by atoms with E-state index in [0.29, 0.717) is 15.7 Å². The van der Waals surface area contributed by atoms with Crippen LogP contribution in [-0.4, -0.2) is 34.2 Å². The molecule has 0 fully saturated rings. The summed E-state index contributed by atoms with van der Waals surface area (Å²) in [5.41, 5.74) is -0.249. The second-order valence-electron chi connectivity index (χ2n) is 5.44. The van der Waals surface area contributed by atoms with Crippen LogP contribution in [-0.2, 0) is 14.8 Å². The summed E-state index contributed by atoms with van der Waals surface area (Å²) in [6.07, 6.45) is 0.525. The molecule has 0 radical (unpaired) electrons. The van der Waals surface area contributed by atoms with Gasteiger partial charge in [0.2, 0.25) is 15.9 Å². The zero-order valence-electron chi connectivity index (χ0n) is 14.2. The number of carbonyl (C=O) groups is 1. The first-order chi connectivity index (χ1) is 12.2. The van der Waals surface area contributed by atoms with Crippen LogP contribution in [0.3, 0.4) is 0 Å². The Morgan fingerprint density at radius 2 is 1.77 bits per heavy atom. The summed E-state index contributed by atoms with van der Waals surface area (Å²) < 4.78 is 57.3. The van der Waals surface area contributed by atoms with Crippen molar-refractivity contribution in [2.45, 2.75) is 6.42 Å². The van der Waals surface area contributed by atoms with Crippen LogP contribution in [0.25, 0.3) is 0 Å². The number of amides is 1. The summed E-state index contributed by atoms with van der Waals surface area (Å²) in [5, 5.41) is 2.58. The highest BCUT2D eigenvalue weighted by atomic mass is 32.2. The molecule has 9 heteroatoms. The first kappa shape index (κ1) is 19.6. The van der Waals surface area contributed by atoms with Gasteiger partial charge in [0, 0.05) is 24.7 Å². The molecule has 2 aromatic carbocycles. The molecule has 0 saturated carbocycles. The van der Waals surface area contributed by atoms with Crippen molar-refractivity contribution in [1.82, 2.24) is 0 Å². The standard InChI is InChI=1S/C17H18F2N2O4S/c1-25-13-6-3-5-12(11-13)20-16(22)9-10-21(26(2,23)24)17-14(18)7-4-8-15(17)19/h3-8,11H,9-10H2,1-2H3,(H,20,22). The molecule has 0 aliphatic carbocycles. The van der Waals surface area contributed by atoms with Gasteiger partial charge in [-0.15, -0.1) is 0 Å². The predicted octanol–water partition coefficient (Wildman–Crippen LogP) is 2.77. The van der Waals surface area contributed by atoms with Crippen LogP contribution >= 0.6 is 0 Å². The topological polar surface area (TPSA) is 75.7 Å². The maximum atomic E-state index is 13.9. The average molecular weight is 384 g/mol. The molecule has 2 aromatic rings. The first-order valence-corrected chi connectivity index (χ1v) is 9.43. The van der Waals surface area contributed by atoms with E-state index in [1.54, 1.807) is 24.3 Å². The highest BCUT2D eigenvalue weighted by molar-refractivity contribution is 7.92. The van der Waals surface area contributed by atoms with Crippen LogP contribution in [0.4, 0.5) is 20.2 Å². The minimum absolute atomic E-state index is 0.294. The van der Waals surface area contributed by atoms with Crippen LogP contribution < -0.4 is 14.4 Å². The van der Waals surface area contributed by atoms with E-state index >= 15 is 0 Å². The molecule has 0 aromatic heterocycles. The summed E-state index contributed by atoms with van der Waals surface area (Å²) in [6.45, 7) is -0.410. The Morgan fingerprint density at radius 3 is 2.35 bits per heavy atom. The zero-order valence-corrected chi connectivity index (χ0v) is 15.0. The lowest BCUT2D eigenvalue weighted by molar-refractivity contribution is -0.116. The largest absolute Gasteiger partial charge is 0.497 e. The van der Waals surface area contributed by atoms with Crippen molar-refractivity contribution in [2.75, 3.05) is 29.5 Å². The number of rotatable bonds is 7. The maximum Gasteiger partial charge on any atom is 0.232 e. The number of halogens is 2. The van der Waals surface area contributed by atoms with Gasteiger partial charge in [-0.25, -0.2) is 17.2 Å². The molecule has 0 aliphatic heterocycles. The fourth-order valence-electron chi connectivity index (χ4n) is 2.30. The Morgan fingerprint density at radius 1 is 1.15 bits per heavy atom. The normalized spacial score (nSPS) is 11.1. The smallest absolute Gasteiger partial charge is 0.232 e. The van der Waals surface area contributed by atoms with Gasteiger partial charge in [0.15, 0.2) is 11.6 Å². The van der Waals surface area contributed by atoms with E-state index < -0.39 is 39.8 Å². The number of hydrogen-bond acceptors (Lipinski definition) is 4. The monoisotopic (exact) mass is 384 g/mol. The number of benzene rings is 2. The SMILES string of the molecule is COc1cccc(NC(=O)CCN(c2c(F)cccc2F)S(C)(=O)=O)c1. The third-order valence-electron chi connectivity index (χ3n) is 3.48. The highest BCUT2D eigenvalue weighted by Crippen LogP contribution is 2.25. The van der Waals surface area contributed by atoms with Gasteiger partial charge in [-0.2, -0.15) is 0 Å². The lowest BCUT2D eigenvalue weighted by Crippen LogP contribution is -2.34. The minimum atomic E-state index is -3.99. The number of nitrogens with zero attached hydrogens (tertiary/aromatic N) is 1. The van der Waals surface area contributed by atoms with Crippen molar-refractivity contribution < 1.29 is 26.7 Å². The second kappa shape index (κ2) is 8.13. The number of ether oxygens (including phenoxy) is 1. The molecule has 26 heavy (non-hydrogen) atoms. The number of hydrogen-bond donors (Lipinski definition) is 1. The molecule has 140 valence electrons. The molecule has 0 aliphatic rings. The Kier molecular flexibility index (Phi) is 6.14. The number of carbonyl (C=O) groups excluding carboxylic acids is 1. The zero-order chi connectivity index (χ0) is 19.3. The van der Waals surface area contributed by atoms with Crippen molar-refractivity contribution in [2.24, 2.45) is 0 Å². The molecule has 0 saturated heterocycles. The van der Waals surface area contributed by atoms with Gasteiger partial charge in [0.1, 0.15) is 11.4 Å². The number of anilines is 2. The lowest BCUT2D eigenvalue weighted by atomic mass is 10.2. The Labute approximate surface area is 150 Å². The van der Waals surface area contributed by atoms with Crippen LogP contribution in [0.2, 0.25) is 0 Å². The average Bonchev–Trinajstić information content (AvgIpc) is 2.56. The quantitative estimate of drug-likeness (QED) is 0.797. The molecule has 1 amide bonds. The third-order valence-corrected chi connectivity index (χ3v) is 4.65. The molecule has 6 nitrogen and oxygen atoms in total. The summed E-state index contributed by atoms with van der Waals surface area (Å²) in [7, 11) is -2.51. The fourth-order valence-corrected chi connectivity index (χ4v) is 3.23. The van der Waals surface area contributed by atoms with Crippen molar-refractivity contribution in [1.29, 1.82) is 0 Å². The summed E-state index contributed by atoms with van der Waals surface area (Å²) in [4.78, 5) is 12.1. The Balaban J connectivity index is 2.14. The molecule has 1 N–H and O–H groups in total. The molecule has 0 spiro atoms. The number of nitrogens with one attached hydrogen (secondary N) is 1. The summed E-state index contributed by atoms with van der Waals surface area (Å²) in [5.74, 6) is -2.02. The molecule has 0 bridgehead atoms. The number of sulfonamides is 1. The van der Waals surface area contributed by atoms with E-state index in [9.17, 15) is 22.0 Å². The van der Waals surface area contributed by atoms with Gasteiger partial charge in [-0.3, -0.25) is 9.10 Å². The lowest BCUT2D eigenvalue weighted by Gasteiger charge is -2.23. The van der Waals surface area contributed by atoms with Gasteiger partial charge in [-0.1, -0.05) is 12.1 Å². The van der Waals surface area contributed by atoms with Gasteiger partial charge in [0.25, 0.3) is 0 Å². The van der Waals surface area contributed by atoms with Gasteiger partial charge in [0.05, 0.1) is 13.4 Å². The maximum absolute atomic E-state index is 13.9. The molecule has 0 atom stereocenters. The van der Waals surface area contributed by atoms with E-state index in [2.05, 4.69) is 5.32 Å². The first-order valence-electron chi connectivity index (χ1n) is 7.58.